The Morgan fingerprint density at radius 3 is 2.89 bits per heavy atom. The minimum atomic E-state index is 0.441. The first-order chi connectivity index (χ1) is 9.20. The first-order valence-corrected chi connectivity index (χ1v) is 6.95. The van der Waals surface area contributed by atoms with E-state index in [1.807, 2.05) is 6.20 Å². The predicted molar refractivity (Wildman–Crippen MR) is 73.8 cm³/mol. The van der Waals surface area contributed by atoms with Gasteiger partial charge in [0, 0.05) is 18.7 Å². The lowest BCUT2D eigenvalue weighted by Gasteiger charge is -2.20. The molecular weight excluding hydrogens is 240 g/mol. The molecule has 0 aliphatic heterocycles. The average molecular weight is 262 g/mol. The van der Waals surface area contributed by atoms with Crippen LogP contribution in [0.2, 0.25) is 0 Å². The van der Waals surface area contributed by atoms with Gasteiger partial charge in [0.15, 0.2) is 5.65 Å². The molecule has 0 saturated carbocycles. The molecule has 0 bridgehead atoms. The number of tetrazole rings is 1. The molecule has 0 radical (unpaired) electrons. The van der Waals surface area contributed by atoms with E-state index in [-0.39, 0.29) is 0 Å². The van der Waals surface area contributed by atoms with Crippen molar-refractivity contribution in [1.29, 1.82) is 0 Å². The summed E-state index contributed by atoms with van der Waals surface area (Å²) in [4.78, 5) is 4.21. The van der Waals surface area contributed by atoms with E-state index in [9.17, 15) is 0 Å². The molecule has 0 spiro atoms. The second-order valence-corrected chi connectivity index (χ2v) is 5.33. The van der Waals surface area contributed by atoms with Gasteiger partial charge in [0.05, 0.1) is 11.9 Å². The molecule has 6 heteroatoms. The third-order valence-corrected chi connectivity index (χ3v) is 3.07. The molecule has 2 rings (SSSR count). The van der Waals surface area contributed by atoms with E-state index in [4.69, 9.17) is 0 Å². The molecule has 0 aromatic carbocycles. The highest BCUT2D eigenvalue weighted by atomic mass is 15.5. The number of nitrogens with zero attached hydrogens (tertiary/aromatic N) is 5. The van der Waals surface area contributed by atoms with Crippen LogP contribution in [-0.2, 0) is 6.42 Å². The zero-order valence-electron chi connectivity index (χ0n) is 11.9. The molecule has 0 fully saturated rings. The molecule has 0 aliphatic carbocycles. The lowest BCUT2D eigenvalue weighted by molar-refractivity contribution is 0.411. The third kappa shape index (κ3) is 3.70. The van der Waals surface area contributed by atoms with Crippen LogP contribution >= 0.6 is 0 Å². The van der Waals surface area contributed by atoms with Crippen molar-refractivity contribution < 1.29 is 0 Å². The lowest BCUT2D eigenvalue weighted by atomic mass is 9.99. The molecule has 1 atom stereocenters. The zero-order chi connectivity index (χ0) is 13.7. The van der Waals surface area contributed by atoms with Gasteiger partial charge in [0.25, 0.3) is 0 Å². The Labute approximate surface area is 113 Å². The van der Waals surface area contributed by atoms with Crippen LogP contribution in [0.5, 0.6) is 0 Å². The summed E-state index contributed by atoms with van der Waals surface area (Å²) in [7, 11) is 0. The van der Waals surface area contributed by atoms with Gasteiger partial charge in [0.2, 0.25) is 0 Å². The number of aromatic nitrogens is 5. The van der Waals surface area contributed by atoms with Crippen LogP contribution < -0.4 is 5.32 Å². The van der Waals surface area contributed by atoms with Crippen LogP contribution in [0.25, 0.3) is 5.65 Å². The number of nitrogens with one attached hydrogen (secondary N) is 1. The fraction of sp³-hybridized carbons (Fsp3) is 0.692. The van der Waals surface area contributed by atoms with E-state index < -0.39 is 0 Å². The maximum Gasteiger partial charge on any atom is 0.197 e. The molecule has 1 unspecified atom stereocenters. The predicted octanol–water partition coefficient (Wildman–Crippen LogP) is 1.48. The molecule has 2 aromatic rings. The van der Waals surface area contributed by atoms with Crippen molar-refractivity contribution in [1.82, 2.24) is 30.3 Å². The number of fused-ring (bicyclic) bond motifs is 1. The molecule has 0 amide bonds. The van der Waals surface area contributed by atoms with Gasteiger partial charge in [-0.2, -0.15) is 4.52 Å². The van der Waals surface area contributed by atoms with Crippen LogP contribution in [-0.4, -0.2) is 37.6 Å². The SMILES string of the molecule is CCCNC(Cc1cncc2nnnn12)CC(C)C. The quantitative estimate of drug-likeness (QED) is 0.818. The molecule has 19 heavy (non-hydrogen) atoms. The Kier molecular flexibility index (Phi) is 4.79. The van der Waals surface area contributed by atoms with Crippen molar-refractivity contribution in [2.45, 2.75) is 46.1 Å². The Balaban J connectivity index is 2.12. The molecule has 0 aliphatic rings. The first-order valence-electron chi connectivity index (χ1n) is 6.95. The van der Waals surface area contributed by atoms with Crippen LogP contribution in [0.4, 0.5) is 0 Å². The highest BCUT2D eigenvalue weighted by Crippen LogP contribution is 2.11. The monoisotopic (exact) mass is 262 g/mol. The molecule has 2 aromatic heterocycles. The van der Waals surface area contributed by atoms with Gasteiger partial charge in [-0.3, -0.25) is 4.98 Å². The number of hydrogen-bond acceptors (Lipinski definition) is 5. The summed E-state index contributed by atoms with van der Waals surface area (Å²) < 4.78 is 1.77. The normalized spacial score (nSPS) is 13.3. The minimum Gasteiger partial charge on any atom is -0.314 e. The van der Waals surface area contributed by atoms with E-state index in [1.54, 1.807) is 10.7 Å². The van der Waals surface area contributed by atoms with Crippen molar-refractivity contribution in [2.75, 3.05) is 6.54 Å². The fourth-order valence-electron chi connectivity index (χ4n) is 2.27. The molecule has 1 N–H and O–H groups in total. The largest absolute Gasteiger partial charge is 0.314 e. The molecule has 0 saturated heterocycles. The van der Waals surface area contributed by atoms with E-state index in [0.29, 0.717) is 17.6 Å². The Morgan fingerprint density at radius 1 is 1.32 bits per heavy atom. The molecule has 104 valence electrons. The summed E-state index contributed by atoms with van der Waals surface area (Å²) in [6, 6.07) is 0.441. The second kappa shape index (κ2) is 6.56. The lowest BCUT2D eigenvalue weighted by Crippen LogP contribution is -2.33. The van der Waals surface area contributed by atoms with Gasteiger partial charge in [0.1, 0.15) is 0 Å². The maximum absolute atomic E-state index is 4.21. The number of hydrogen-bond donors (Lipinski definition) is 1. The van der Waals surface area contributed by atoms with Gasteiger partial charge >= 0.3 is 0 Å². The smallest absolute Gasteiger partial charge is 0.197 e. The molecule has 6 nitrogen and oxygen atoms in total. The van der Waals surface area contributed by atoms with Crippen LogP contribution in [0.15, 0.2) is 12.4 Å². The van der Waals surface area contributed by atoms with Crippen molar-refractivity contribution in [3.8, 4) is 0 Å². The molecular formula is C13H22N6. The molecule has 2 heterocycles. The Hall–Kier alpha value is -1.56. The maximum atomic E-state index is 4.21. The first kappa shape index (κ1) is 13.9. The van der Waals surface area contributed by atoms with Crippen LogP contribution in [0.3, 0.4) is 0 Å². The van der Waals surface area contributed by atoms with Gasteiger partial charge in [-0.15, -0.1) is 5.10 Å². The Morgan fingerprint density at radius 2 is 2.16 bits per heavy atom. The number of rotatable bonds is 7. The van der Waals surface area contributed by atoms with Gasteiger partial charge in [-0.1, -0.05) is 20.8 Å². The highest BCUT2D eigenvalue weighted by molar-refractivity contribution is 5.32. The standard InChI is InChI=1S/C13H22N6/c1-4-5-15-11(6-10(2)3)7-12-8-14-9-13-16-17-18-19(12)13/h8-11,15H,4-7H2,1-3H3. The second-order valence-electron chi connectivity index (χ2n) is 5.33. The highest BCUT2D eigenvalue weighted by Gasteiger charge is 2.14. The summed E-state index contributed by atoms with van der Waals surface area (Å²) in [6.45, 7) is 7.71. The summed E-state index contributed by atoms with van der Waals surface area (Å²) in [6.07, 6.45) is 6.71. The van der Waals surface area contributed by atoms with Crippen LogP contribution in [0, 0.1) is 5.92 Å². The van der Waals surface area contributed by atoms with Crippen molar-refractivity contribution in [2.24, 2.45) is 5.92 Å². The van der Waals surface area contributed by atoms with E-state index in [2.05, 4.69) is 46.6 Å². The van der Waals surface area contributed by atoms with Crippen molar-refractivity contribution in [3.63, 3.8) is 0 Å². The topological polar surface area (TPSA) is 68.0 Å². The van der Waals surface area contributed by atoms with Gasteiger partial charge in [-0.05, 0) is 35.7 Å². The average Bonchev–Trinajstić information content (AvgIpc) is 2.84. The summed E-state index contributed by atoms with van der Waals surface area (Å²) in [5.41, 5.74) is 1.76. The zero-order valence-corrected chi connectivity index (χ0v) is 11.9. The summed E-state index contributed by atoms with van der Waals surface area (Å²) in [5, 5.41) is 15.2. The third-order valence-electron chi connectivity index (χ3n) is 3.07. The fourth-order valence-corrected chi connectivity index (χ4v) is 2.27. The van der Waals surface area contributed by atoms with Gasteiger partial charge in [-0.25, -0.2) is 0 Å². The van der Waals surface area contributed by atoms with Gasteiger partial charge < -0.3 is 5.32 Å². The van der Waals surface area contributed by atoms with Crippen molar-refractivity contribution >= 4 is 5.65 Å². The summed E-state index contributed by atoms with van der Waals surface area (Å²) in [5.74, 6) is 0.662. The van der Waals surface area contributed by atoms with E-state index >= 15 is 0 Å². The van der Waals surface area contributed by atoms with E-state index in [1.165, 1.54) is 0 Å². The van der Waals surface area contributed by atoms with E-state index in [0.717, 1.165) is 31.5 Å². The minimum absolute atomic E-state index is 0.441. The Bertz CT molecular complexity index is 507. The van der Waals surface area contributed by atoms with Crippen molar-refractivity contribution in [3.05, 3.63) is 18.1 Å². The van der Waals surface area contributed by atoms with Crippen LogP contribution in [0.1, 0.15) is 39.3 Å². The summed E-state index contributed by atoms with van der Waals surface area (Å²) >= 11 is 0.